The summed E-state index contributed by atoms with van der Waals surface area (Å²) in [7, 11) is 0. The van der Waals surface area contributed by atoms with E-state index >= 15 is 0 Å². The molecule has 1 rings (SSSR count). The normalized spacial score (nSPS) is 13.0. The van der Waals surface area contributed by atoms with Crippen LogP contribution in [0.15, 0.2) is 36.4 Å². The van der Waals surface area contributed by atoms with Crippen LogP contribution in [0, 0.1) is 0 Å². The van der Waals surface area contributed by atoms with Gasteiger partial charge >= 0.3 is 0 Å². The quantitative estimate of drug-likeness (QED) is 0.552. The smallest absolute Gasteiger partial charge is 0.0654 e. The summed E-state index contributed by atoms with van der Waals surface area (Å²) >= 11 is 0. The molecule has 0 N–H and O–H groups in total. The van der Waals surface area contributed by atoms with Crippen LogP contribution in [0.2, 0.25) is 0 Å². The second-order valence-electron chi connectivity index (χ2n) is 4.81. The first-order valence-electron chi connectivity index (χ1n) is 7.16. The number of benzene rings is 1. The van der Waals surface area contributed by atoms with Crippen LogP contribution < -0.4 is 0 Å². The maximum atomic E-state index is 5.76. The summed E-state index contributed by atoms with van der Waals surface area (Å²) in [6.45, 7) is 5.13. The molecule has 0 saturated carbocycles. The van der Waals surface area contributed by atoms with Gasteiger partial charge in [-0.3, -0.25) is 0 Å². The zero-order valence-electron chi connectivity index (χ0n) is 11.8. The van der Waals surface area contributed by atoms with Gasteiger partial charge in [-0.05, 0) is 18.9 Å². The maximum absolute atomic E-state index is 5.76. The molecule has 0 aromatic heterocycles. The van der Waals surface area contributed by atoms with Gasteiger partial charge in [0.2, 0.25) is 0 Å². The van der Waals surface area contributed by atoms with Gasteiger partial charge in [0, 0.05) is 0 Å². The number of ether oxygens (including phenoxy) is 1. The highest BCUT2D eigenvalue weighted by atomic mass is 16.5. The van der Waals surface area contributed by atoms with Crippen LogP contribution in [-0.4, -0.2) is 12.7 Å². The fraction of sp³-hybridized carbons (Fsp3) is 0.529. The minimum Gasteiger partial charge on any atom is -0.374 e. The Hall–Kier alpha value is -1.08. The van der Waals surface area contributed by atoms with Crippen molar-refractivity contribution in [2.45, 2.75) is 52.1 Å². The first kappa shape index (κ1) is 15.0. The molecular weight excluding hydrogens is 220 g/mol. The zero-order valence-corrected chi connectivity index (χ0v) is 11.8. The molecule has 0 aliphatic heterocycles. The Balaban J connectivity index is 2.08. The van der Waals surface area contributed by atoms with Gasteiger partial charge in [-0.2, -0.15) is 0 Å². The topological polar surface area (TPSA) is 9.23 Å². The standard InChI is InChI=1S/C17H26O/c1-3-4-5-7-11-16(2)18-15-10-14-17-12-8-6-9-13-17/h6,8-10,12-14,16H,3-5,7,11,15H2,1-2H3/b14-10+. The lowest BCUT2D eigenvalue weighted by Gasteiger charge is -2.10. The first-order chi connectivity index (χ1) is 8.83. The highest BCUT2D eigenvalue weighted by Gasteiger charge is 1.99. The third-order valence-corrected chi connectivity index (χ3v) is 3.05. The molecule has 0 radical (unpaired) electrons. The van der Waals surface area contributed by atoms with Gasteiger partial charge in [-0.15, -0.1) is 0 Å². The molecule has 0 fully saturated rings. The van der Waals surface area contributed by atoms with Gasteiger partial charge in [-0.1, -0.05) is 75.1 Å². The van der Waals surface area contributed by atoms with E-state index in [9.17, 15) is 0 Å². The lowest BCUT2D eigenvalue weighted by Crippen LogP contribution is -2.07. The Kier molecular flexibility index (Phi) is 8.24. The average Bonchev–Trinajstić information content (AvgIpc) is 2.41. The fourth-order valence-corrected chi connectivity index (χ4v) is 1.91. The Morgan fingerprint density at radius 1 is 1.11 bits per heavy atom. The van der Waals surface area contributed by atoms with Crippen molar-refractivity contribution >= 4 is 6.08 Å². The van der Waals surface area contributed by atoms with Crippen LogP contribution in [-0.2, 0) is 4.74 Å². The van der Waals surface area contributed by atoms with Crippen molar-refractivity contribution in [3.63, 3.8) is 0 Å². The van der Waals surface area contributed by atoms with Gasteiger partial charge in [0.25, 0.3) is 0 Å². The molecular formula is C17H26O. The van der Waals surface area contributed by atoms with E-state index in [2.05, 4.69) is 50.3 Å². The van der Waals surface area contributed by atoms with E-state index in [1.165, 1.54) is 37.7 Å². The zero-order chi connectivity index (χ0) is 13.1. The summed E-state index contributed by atoms with van der Waals surface area (Å²) in [5.41, 5.74) is 1.23. The molecule has 0 spiro atoms. The number of rotatable bonds is 9. The fourth-order valence-electron chi connectivity index (χ4n) is 1.91. The van der Waals surface area contributed by atoms with Gasteiger partial charge in [0.15, 0.2) is 0 Å². The molecule has 18 heavy (non-hydrogen) atoms. The highest BCUT2D eigenvalue weighted by molar-refractivity contribution is 5.48. The van der Waals surface area contributed by atoms with Crippen molar-refractivity contribution in [1.82, 2.24) is 0 Å². The maximum Gasteiger partial charge on any atom is 0.0654 e. The molecule has 0 heterocycles. The van der Waals surface area contributed by atoms with Crippen molar-refractivity contribution in [3.8, 4) is 0 Å². The average molecular weight is 246 g/mol. The lowest BCUT2D eigenvalue weighted by molar-refractivity contribution is 0.0801. The van der Waals surface area contributed by atoms with E-state index < -0.39 is 0 Å². The van der Waals surface area contributed by atoms with Gasteiger partial charge < -0.3 is 4.74 Å². The predicted octanol–water partition coefficient (Wildman–Crippen LogP) is 5.08. The molecule has 100 valence electrons. The third-order valence-electron chi connectivity index (χ3n) is 3.05. The Morgan fingerprint density at radius 3 is 2.61 bits per heavy atom. The van der Waals surface area contributed by atoms with Gasteiger partial charge in [-0.25, -0.2) is 0 Å². The van der Waals surface area contributed by atoms with E-state index in [0.29, 0.717) is 12.7 Å². The van der Waals surface area contributed by atoms with Crippen molar-refractivity contribution in [3.05, 3.63) is 42.0 Å². The highest BCUT2D eigenvalue weighted by Crippen LogP contribution is 2.08. The number of unbranched alkanes of at least 4 members (excludes halogenated alkanes) is 3. The minimum atomic E-state index is 0.377. The molecule has 1 heteroatoms. The van der Waals surface area contributed by atoms with Crippen LogP contribution in [0.1, 0.15) is 51.5 Å². The van der Waals surface area contributed by atoms with Crippen LogP contribution in [0.5, 0.6) is 0 Å². The molecule has 0 amide bonds. The van der Waals surface area contributed by atoms with Gasteiger partial charge in [0.05, 0.1) is 12.7 Å². The molecule has 0 aliphatic carbocycles. The molecule has 1 atom stereocenters. The van der Waals surface area contributed by atoms with E-state index in [1.54, 1.807) is 0 Å². The monoisotopic (exact) mass is 246 g/mol. The van der Waals surface area contributed by atoms with Crippen LogP contribution in [0.4, 0.5) is 0 Å². The van der Waals surface area contributed by atoms with E-state index in [-0.39, 0.29) is 0 Å². The minimum absolute atomic E-state index is 0.377. The summed E-state index contributed by atoms with van der Waals surface area (Å²) in [4.78, 5) is 0. The molecule has 1 unspecified atom stereocenters. The molecule has 1 aromatic rings. The molecule has 1 aromatic carbocycles. The summed E-state index contributed by atoms with van der Waals surface area (Å²) < 4.78 is 5.76. The lowest BCUT2D eigenvalue weighted by atomic mass is 10.1. The van der Waals surface area contributed by atoms with Crippen molar-refractivity contribution in [1.29, 1.82) is 0 Å². The summed E-state index contributed by atoms with van der Waals surface area (Å²) in [5.74, 6) is 0. The van der Waals surface area contributed by atoms with E-state index in [1.807, 2.05) is 6.07 Å². The van der Waals surface area contributed by atoms with Crippen molar-refractivity contribution in [2.75, 3.05) is 6.61 Å². The SMILES string of the molecule is CCCCCCC(C)OC/C=C/c1ccccc1. The Labute approximate surface area is 112 Å². The Morgan fingerprint density at radius 2 is 1.89 bits per heavy atom. The molecule has 0 bridgehead atoms. The van der Waals surface area contributed by atoms with E-state index in [0.717, 1.165) is 0 Å². The third kappa shape index (κ3) is 7.29. The summed E-state index contributed by atoms with van der Waals surface area (Å²) in [6.07, 6.45) is 11.0. The Bertz CT molecular complexity index is 316. The summed E-state index contributed by atoms with van der Waals surface area (Å²) in [5, 5.41) is 0. The number of hydrogen-bond donors (Lipinski definition) is 0. The van der Waals surface area contributed by atoms with Crippen LogP contribution in [0.25, 0.3) is 6.08 Å². The second-order valence-corrected chi connectivity index (χ2v) is 4.81. The molecule has 0 aliphatic rings. The predicted molar refractivity (Wildman–Crippen MR) is 79.6 cm³/mol. The molecule has 1 nitrogen and oxygen atoms in total. The van der Waals surface area contributed by atoms with Crippen molar-refractivity contribution in [2.24, 2.45) is 0 Å². The van der Waals surface area contributed by atoms with Crippen molar-refractivity contribution < 1.29 is 4.74 Å². The number of hydrogen-bond acceptors (Lipinski definition) is 1. The van der Waals surface area contributed by atoms with Gasteiger partial charge in [0.1, 0.15) is 0 Å². The second kappa shape index (κ2) is 9.90. The van der Waals surface area contributed by atoms with Crippen LogP contribution in [0.3, 0.4) is 0 Å². The molecule has 0 saturated heterocycles. The van der Waals surface area contributed by atoms with Crippen LogP contribution >= 0.6 is 0 Å². The van der Waals surface area contributed by atoms with E-state index in [4.69, 9.17) is 4.74 Å². The first-order valence-corrected chi connectivity index (χ1v) is 7.16. The summed E-state index contributed by atoms with van der Waals surface area (Å²) in [6, 6.07) is 10.3. The largest absolute Gasteiger partial charge is 0.374 e.